The Bertz CT molecular complexity index is 1080. The minimum atomic E-state index is 0.278. The fourth-order valence-electron chi connectivity index (χ4n) is 5.70. The molecule has 204 valence electrons. The summed E-state index contributed by atoms with van der Waals surface area (Å²) in [5.74, 6) is 1.88. The number of fused-ring (bicyclic) bond motifs is 1. The Balaban J connectivity index is 1.55. The van der Waals surface area contributed by atoms with E-state index in [4.69, 9.17) is 5.73 Å². The third-order valence-electron chi connectivity index (χ3n) is 8.14. The van der Waals surface area contributed by atoms with E-state index in [2.05, 4.69) is 62.9 Å². The van der Waals surface area contributed by atoms with Crippen LogP contribution in [0.15, 0.2) is 40.6 Å². The zero-order chi connectivity index (χ0) is 26.4. The minimum absolute atomic E-state index is 0.278. The number of rotatable bonds is 15. The zero-order valence-corrected chi connectivity index (χ0v) is 26.7. The van der Waals surface area contributed by atoms with Gasteiger partial charge in [0.2, 0.25) is 0 Å². The van der Waals surface area contributed by atoms with Crippen molar-refractivity contribution in [3.05, 3.63) is 60.1 Å². The molecule has 6 heteroatoms. The molecule has 3 heterocycles. The number of hydrogen-bond acceptors (Lipinski definition) is 6. The molecule has 4 atom stereocenters. The molecule has 2 aromatic heterocycles. The van der Waals surface area contributed by atoms with Gasteiger partial charge in [-0.25, -0.2) is 0 Å². The Kier molecular flexibility index (Phi) is 11.0. The number of nitrogens with two attached hydrogens (primary N) is 1. The maximum Gasteiger partial charge on any atom is 0.0789 e. The summed E-state index contributed by atoms with van der Waals surface area (Å²) in [6, 6.07) is 9.47. The number of thiophene rings is 2. The van der Waals surface area contributed by atoms with Crippen LogP contribution in [-0.4, -0.2) is 11.5 Å². The van der Waals surface area contributed by atoms with Crippen LogP contribution in [0.2, 0.25) is 0 Å². The van der Waals surface area contributed by atoms with Crippen molar-refractivity contribution in [2.75, 3.05) is 6.26 Å². The second-order valence-corrected chi connectivity index (χ2v) is 14.8. The van der Waals surface area contributed by atoms with Gasteiger partial charge in [0.05, 0.1) is 11.2 Å². The van der Waals surface area contributed by atoms with Crippen LogP contribution in [0.5, 0.6) is 0 Å². The summed E-state index contributed by atoms with van der Waals surface area (Å²) in [5.41, 5.74) is 10.9. The first-order valence-corrected chi connectivity index (χ1v) is 18.2. The van der Waals surface area contributed by atoms with Gasteiger partial charge in [0.1, 0.15) is 0 Å². The van der Waals surface area contributed by atoms with E-state index in [0.29, 0.717) is 5.25 Å². The first kappa shape index (κ1) is 29.2. The molecule has 1 saturated heterocycles. The molecule has 1 aliphatic heterocycles. The highest BCUT2D eigenvalue weighted by molar-refractivity contribution is 8.03. The van der Waals surface area contributed by atoms with Gasteiger partial charge in [-0.3, -0.25) is 0 Å². The molecule has 0 radical (unpaired) electrons. The molecule has 2 aliphatic rings. The highest BCUT2D eigenvalue weighted by Crippen LogP contribution is 2.55. The molecular weight excluding hydrogens is 529 g/mol. The first-order valence-electron chi connectivity index (χ1n) is 14.4. The topological polar surface area (TPSA) is 38.0 Å². The summed E-state index contributed by atoms with van der Waals surface area (Å²) in [6.45, 7) is 9.29. The lowest BCUT2D eigenvalue weighted by atomic mass is 9.88. The predicted octanol–water partition coefficient (Wildman–Crippen LogP) is 9.99. The van der Waals surface area contributed by atoms with Crippen LogP contribution < -0.4 is 10.5 Å². The lowest BCUT2D eigenvalue weighted by Gasteiger charge is -2.42. The summed E-state index contributed by atoms with van der Waals surface area (Å²) >= 11 is 7.67. The summed E-state index contributed by atoms with van der Waals surface area (Å²) in [4.78, 5) is 7.15. The molecule has 3 N–H and O–H groups in total. The van der Waals surface area contributed by atoms with Crippen LogP contribution in [0.3, 0.4) is 0 Å². The van der Waals surface area contributed by atoms with Crippen LogP contribution in [0.25, 0.3) is 5.57 Å². The molecule has 4 unspecified atom stereocenters. The molecule has 4 rings (SSSR count). The molecule has 0 amide bonds. The predicted molar refractivity (Wildman–Crippen MR) is 172 cm³/mol. The van der Waals surface area contributed by atoms with E-state index in [-0.39, 0.29) is 5.92 Å². The van der Waals surface area contributed by atoms with Crippen LogP contribution in [-0.2, 0) is 12.8 Å². The molecule has 1 aliphatic carbocycles. The van der Waals surface area contributed by atoms with Crippen molar-refractivity contribution in [1.82, 2.24) is 4.72 Å². The molecular formula is C31H46N2S4. The summed E-state index contributed by atoms with van der Waals surface area (Å²) < 4.78 is 3.65. The molecule has 1 fully saturated rings. The van der Waals surface area contributed by atoms with Crippen LogP contribution in [0.4, 0.5) is 0 Å². The Morgan fingerprint density at radius 2 is 1.51 bits per heavy atom. The maximum absolute atomic E-state index is 7.04. The molecule has 37 heavy (non-hydrogen) atoms. The third kappa shape index (κ3) is 6.67. The molecule has 0 bridgehead atoms. The standard InChI is InChI=1S/C31H46N2S4/c1-6-10-12-20(8-3)18-22-14-16-24(35-22)26-28(32)30(34-5)27(29-31(26)37-33-29)25-17-15-23(36-25)19-21(9-4)13-11-7-2/h14-17,20-21,26,31,33H,6-13,18-19,32H2,1-5H3. The van der Waals surface area contributed by atoms with Gasteiger partial charge in [-0.15, -0.1) is 34.4 Å². The number of nitrogens with one attached hydrogen (secondary N) is 1. The molecule has 0 spiro atoms. The van der Waals surface area contributed by atoms with Gasteiger partial charge in [0, 0.05) is 41.4 Å². The van der Waals surface area contributed by atoms with Crippen LogP contribution >= 0.6 is 46.4 Å². The van der Waals surface area contributed by atoms with Crippen LogP contribution in [0, 0.1) is 11.8 Å². The van der Waals surface area contributed by atoms with E-state index in [1.54, 1.807) is 0 Å². The average Bonchev–Trinajstić information content (AvgIpc) is 3.55. The van der Waals surface area contributed by atoms with Crippen molar-refractivity contribution in [2.45, 2.75) is 103 Å². The van der Waals surface area contributed by atoms with E-state index in [1.807, 2.05) is 46.4 Å². The summed E-state index contributed by atoms with van der Waals surface area (Å²) in [6.07, 6.45) is 15.1. The quantitative estimate of drug-likeness (QED) is 0.208. The van der Waals surface area contributed by atoms with Gasteiger partial charge >= 0.3 is 0 Å². The average molecular weight is 575 g/mol. The second kappa shape index (κ2) is 14.0. The Morgan fingerprint density at radius 1 is 0.892 bits per heavy atom. The molecule has 2 nitrogen and oxygen atoms in total. The lowest BCUT2D eigenvalue weighted by molar-refractivity contribution is 0.452. The van der Waals surface area contributed by atoms with E-state index in [1.165, 1.54) is 99.9 Å². The normalized spacial score (nSPS) is 21.0. The van der Waals surface area contributed by atoms with Crippen molar-refractivity contribution in [3.63, 3.8) is 0 Å². The van der Waals surface area contributed by atoms with E-state index in [0.717, 1.165) is 17.5 Å². The van der Waals surface area contributed by atoms with Crippen molar-refractivity contribution in [1.29, 1.82) is 0 Å². The number of unbranched alkanes of at least 4 members (excludes halogenated alkanes) is 2. The highest BCUT2D eigenvalue weighted by atomic mass is 32.2. The van der Waals surface area contributed by atoms with E-state index < -0.39 is 0 Å². The van der Waals surface area contributed by atoms with Gasteiger partial charge in [0.25, 0.3) is 0 Å². The van der Waals surface area contributed by atoms with Crippen molar-refractivity contribution in [2.24, 2.45) is 17.6 Å². The van der Waals surface area contributed by atoms with E-state index in [9.17, 15) is 0 Å². The zero-order valence-electron chi connectivity index (χ0n) is 23.4. The van der Waals surface area contributed by atoms with Gasteiger partial charge in [-0.05, 0) is 67.1 Å². The van der Waals surface area contributed by atoms with Gasteiger partial charge < -0.3 is 10.5 Å². The van der Waals surface area contributed by atoms with Crippen molar-refractivity contribution in [3.8, 4) is 0 Å². The fraction of sp³-hybridized carbons (Fsp3) is 0.613. The Morgan fingerprint density at radius 3 is 2.05 bits per heavy atom. The monoisotopic (exact) mass is 574 g/mol. The van der Waals surface area contributed by atoms with Gasteiger partial charge in [0.15, 0.2) is 0 Å². The largest absolute Gasteiger partial charge is 0.401 e. The third-order valence-corrected chi connectivity index (χ3v) is 12.4. The second-order valence-electron chi connectivity index (χ2n) is 10.7. The number of hydrogen-bond donors (Lipinski definition) is 2. The van der Waals surface area contributed by atoms with E-state index >= 15 is 0 Å². The SMILES string of the molecule is CCCCC(CC)Cc1ccc(C2=C3NSC3C(c3ccc(CC(CC)CCCC)s3)C(N)=C2SC)s1. The molecule has 2 aromatic rings. The number of thioether (sulfide) groups is 1. The van der Waals surface area contributed by atoms with Gasteiger partial charge in [-0.1, -0.05) is 79.1 Å². The summed E-state index contributed by atoms with van der Waals surface area (Å²) in [7, 11) is 0. The van der Waals surface area contributed by atoms with Crippen molar-refractivity contribution < 1.29 is 0 Å². The van der Waals surface area contributed by atoms with Gasteiger partial charge in [-0.2, -0.15) is 0 Å². The van der Waals surface area contributed by atoms with Crippen molar-refractivity contribution >= 4 is 52.0 Å². The summed E-state index contributed by atoms with van der Waals surface area (Å²) in [5, 5.41) is 0.401. The Labute approximate surface area is 242 Å². The Hall–Kier alpha value is -0.820. The smallest absolute Gasteiger partial charge is 0.0789 e. The lowest BCUT2D eigenvalue weighted by Crippen LogP contribution is -2.41. The number of allylic oxidation sites excluding steroid dienone is 2. The highest BCUT2D eigenvalue weighted by Gasteiger charge is 2.44. The van der Waals surface area contributed by atoms with Crippen LogP contribution in [0.1, 0.15) is 104 Å². The maximum atomic E-state index is 7.04. The first-order chi connectivity index (χ1) is 18.0. The molecule has 0 saturated carbocycles. The minimum Gasteiger partial charge on any atom is -0.401 e. The fourth-order valence-corrected chi connectivity index (χ4v) is 10.1. The molecule has 0 aromatic carbocycles.